The van der Waals surface area contributed by atoms with Gasteiger partial charge in [-0.3, -0.25) is 4.98 Å². The largest absolute Gasteiger partial charge is 0.387 e. The lowest BCUT2D eigenvalue weighted by molar-refractivity contribution is 0.169. The second kappa shape index (κ2) is 6.53. The first-order valence-corrected chi connectivity index (χ1v) is 7.01. The quantitative estimate of drug-likeness (QED) is 0.903. The number of aliphatic hydroxyl groups is 1. The molecule has 0 radical (unpaired) electrons. The fraction of sp³-hybridized carbons (Fsp3) is 0.353. The van der Waals surface area contributed by atoms with Crippen LogP contribution in [0, 0.1) is 6.92 Å². The number of pyridine rings is 1. The fourth-order valence-corrected chi connectivity index (χ4v) is 2.16. The van der Waals surface area contributed by atoms with Crippen molar-refractivity contribution in [3.63, 3.8) is 0 Å². The highest BCUT2D eigenvalue weighted by Gasteiger charge is 2.08. The molecule has 0 aliphatic carbocycles. The average molecular weight is 270 g/mol. The number of hydrogen-bond acceptors (Lipinski definition) is 3. The van der Waals surface area contributed by atoms with E-state index in [2.05, 4.69) is 48.1 Å². The standard InChI is InChI=1S/C17H22N2O/c1-4-17(20)16-10-9-15(11-18-16)19(3)12-14-8-6-5-7-13(14)2/h5-11,17,20H,4,12H2,1-3H3/t17-/m1/s1. The lowest BCUT2D eigenvalue weighted by atomic mass is 10.1. The lowest BCUT2D eigenvalue weighted by Gasteiger charge is -2.20. The molecule has 3 heteroatoms. The smallest absolute Gasteiger partial charge is 0.0957 e. The molecule has 0 aliphatic heterocycles. The van der Waals surface area contributed by atoms with E-state index in [1.165, 1.54) is 11.1 Å². The van der Waals surface area contributed by atoms with Crippen molar-refractivity contribution in [3.8, 4) is 0 Å². The fourth-order valence-electron chi connectivity index (χ4n) is 2.16. The maximum absolute atomic E-state index is 9.75. The molecule has 1 aromatic heterocycles. The Labute approximate surface area is 120 Å². The summed E-state index contributed by atoms with van der Waals surface area (Å²) in [6.45, 7) is 4.93. The summed E-state index contributed by atoms with van der Waals surface area (Å²) < 4.78 is 0. The number of benzene rings is 1. The van der Waals surface area contributed by atoms with E-state index in [1.54, 1.807) is 0 Å². The third-order valence-electron chi connectivity index (χ3n) is 3.61. The van der Waals surface area contributed by atoms with Gasteiger partial charge in [0.15, 0.2) is 0 Å². The van der Waals surface area contributed by atoms with Gasteiger partial charge in [-0.2, -0.15) is 0 Å². The van der Waals surface area contributed by atoms with Crippen molar-refractivity contribution in [1.29, 1.82) is 0 Å². The Kier molecular flexibility index (Phi) is 4.74. The molecule has 106 valence electrons. The van der Waals surface area contributed by atoms with Crippen LogP contribution in [0.5, 0.6) is 0 Å². The molecule has 1 N–H and O–H groups in total. The molecule has 0 spiro atoms. The van der Waals surface area contributed by atoms with E-state index in [0.717, 1.165) is 17.9 Å². The van der Waals surface area contributed by atoms with E-state index in [1.807, 2.05) is 25.3 Å². The molecule has 1 atom stereocenters. The van der Waals surface area contributed by atoms with Gasteiger partial charge in [-0.1, -0.05) is 31.2 Å². The summed E-state index contributed by atoms with van der Waals surface area (Å²) >= 11 is 0. The summed E-state index contributed by atoms with van der Waals surface area (Å²) in [5, 5.41) is 9.75. The molecule has 2 aromatic rings. The number of aromatic nitrogens is 1. The van der Waals surface area contributed by atoms with Gasteiger partial charge >= 0.3 is 0 Å². The molecule has 0 fully saturated rings. The summed E-state index contributed by atoms with van der Waals surface area (Å²) in [4.78, 5) is 6.51. The molecule has 0 aliphatic rings. The van der Waals surface area contributed by atoms with E-state index >= 15 is 0 Å². The highest BCUT2D eigenvalue weighted by Crippen LogP contribution is 2.19. The SMILES string of the molecule is CC[C@@H](O)c1ccc(N(C)Cc2ccccc2C)cn1. The summed E-state index contributed by atoms with van der Waals surface area (Å²) in [6, 6.07) is 12.3. The zero-order chi connectivity index (χ0) is 14.5. The van der Waals surface area contributed by atoms with Gasteiger partial charge < -0.3 is 10.0 Å². The molecule has 20 heavy (non-hydrogen) atoms. The first-order chi connectivity index (χ1) is 9.61. The van der Waals surface area contributed by atoms with Crippen LogP contribution in [-0.2, 0) is 6.54 Å². The van der Waals surface area contributed by atoms with Crippen LogP contribution in [0.4, 0.5) is 5.69 Å². The van der Waals surface area contributed by atoms with E-state index < -0.39 is 6.10 Å². The summed E-state index contributed by atoms with van der Waals surface area (Å²) in [5.41, 5.74) is 4.40. The van der Waals surface area contributed by atoms with Crippen LogP contribution < -0.4 is 4.90 Å². The second-order valence-corrected chi connectivity index (χ2v) is 5.15. The molecule has 0 saturated heterocycles. The molecule has 0 amide bonds. The molecule has 2 rings (SSSR count). The van der Waals surface area contributed by atoms with Gasteiger partial charge in [0.2, 0.25) is 0 Å². The second-order valence-electron chi connectivity index (χ2n) is 5.15. The number of aliphatic hydroxyl groups excluding tert-OH is 1. The highest BCUT2D eigenvalue weighted by molar-refractivity contribution is 5.45. The molecule has 1 heterocycles. The predicted octanol–water partition coefficient (Wildman–Crippen LogP) is 3.47. The van der Waals surface area contributed by atoms with E-state index in [9.17, 15) is 5.11 Å². The van der Waals surface area contributed by atoms with Crippen molar-refractivity contribution >= 4 is 5.69 Å². The van der Waals surface area contributed by atoms with Crippen molar-refractivity contribution in [2.24, 2.45) is 0 Å². The Hall–Kier alpha value is -1.87. The Bertz CT molecular complexity index is 551. The third-order valence-corrected chi connectivity index (χ3v) is 3.61. The van der Waals surface area contributed by atoms with E-state index in [-0.39, 0.29) is 0 Å². The molecule has 0 bridgehead atoms. The average Bonchev–Trinajstić information content (AvgIpc) is 2.49. The molecule has 0 saturated carbocycles. The van der Waals surface area contributed by atoms with E-state index in [0.29, 0.717) is 6.42 Å². The summed E-state index contributed by atoms with van der Waals surface area (Å²) in [6.07, 6.45) is 2.04. The van der Waals surface area contributed by atoms with Crippen LogP contribution in [0.15, 0.2) is 42.6 Å². The van der Waals surface area contributed by atoms with Crippen LogP contribution in [-0.4, -0.2) is 17.1 Å². The first kappa shape index (κ1) is 14.5. The van der Waals surface area contributed by atoms with Gasteiger partial charge in [-0.15, -0.1) is 0 Å². The minimum atomic E-state index is -0.467. The van der Waals surface area contributed by atoms with Gasteiger partial charge in [-0.25, -0.2) is 0 Å². The van der Waals surface area contributed by atoms with Crippen LogP contribution in [0.3, 0.4) is 0 Å². The van der Waals surface area contributed by atoms with Crippen molar-refractivity contribution in [1.82, 2.24) is 4.98 Å². The Balaban J connectivity index is 2.10. The third kappa shape index (κ3) is 3.36. The predicted molar refractivity (Wildman–Crippen MR) is 82.8 cm³/mol. The maximum atomic E-state index is 9.75. The lowest BCUT2D eigenvalue weighted by Crippen LogP contribution is -2.17. The first-order valence-electron chi connectivity index (χ1n) is 7.01. The topological polar surface area (TPSA) is 36.4 Å². The minimum absolute atomic E-state index is 0.467. The van der Waals surface area contributed by atoms with Gasteiger partial charge in [0.25, 0.3) is 0 Å². The van der Waals surface area contributed by atoms with Crippen molar-refractivity contribution in [2.75, 3.05) is 11.9 Å². The number of nitrogens with zero attached hydrogens (tertiary/aromatic N) is 2. The molecular formula is C17H22N2O. The molecule has 0 unspecified atom stereocenters. The summed E-state index contributed by atoms with van der Waals surface area (Å²) in [5.74, 6) is 0. The van der Waals surface area contributed by atoms with Crippen LogP contribution in [0.1, 0.15) is 36.3 Å². The van der Waals surface area contributed by atoms with Crippen molar-refractivity contribution in [3.05, 3.63) is 59.4 Å². The Morgan fingerprint density at radius 1 is 1.20 bits per heavy atom. The van der Waals surface area contributed by atoms with E-state index in [4.69, 9.17) is 0 Å². The van der Waals surface area contributed by atoms with Crippen molar-refractivity contribution in [2.45, 2.75) is 32.9 Å². The zero-order valence-corrected chi connectivity index (χ0v) is 12.4. The zero-order valence-electron chi connectivity index (χ0n) is 12.4. The number of hydrogen-bond donors (Lipinski definition) is 1. The van der Waals surface area contributed by atoms with Crippen LogP contribution in [0.2, 0.25) is 0 Å². The normalized spacial score (nSPS) is 12.2. The number of aryl methyl sites for hydroxylation is 1. The van der Waals surface area contributed by atoms with Crippen LogP contribution >= 0.6 is 0 Å². The highest BCUT2D eigenvalue weighted by atomic mass is 16.3. The monoisotopic (exact) mass is 270 g/mol. The molecular weight excluding hydrogens is 248 g/mol. The molecule has 3 nitrogen and oxygen atoms in total. The minimum Gasteiger partial charge on any atom is -0.387 e. The van der Waals surface area contributed by atoms with Gasteiger partial charge in [0.1, 0.15) is 0 Å². The Morgan fingerprint density at radius 3 is 2.55 bits per heavy atom. The summed E-state index contributed by atoms with van der Waals surface area (Å²) in [7, 11) is 2.05. The molecule has 1 aromatic carbocycles. The van der Waals surface area contributed by atoms with Crippen LogP contribution in [0.25, 0.3) is 0 Å². The Morgan fingerprint density at radius 2 is 1.95 bits per heavy atom. The van der Waals surface area contributed by atoms with Gasteiger partial charge in [0.05, 0.1) is 23.7 Å². The number of anilines is 1. The van der Waals surface area contributed by atoms with Crippen molar-refractivity contribution < 1.29 is 5.11 Å². The number of rotatable bonds is 5. The van der Waals surface area contributed by atoms with Gasteiger partial charge in [-0.05, 0) is 36.6 Å². The maximum Gasteiger partial charge on any atom is 0.0957 e. The van der Waals surface area contributed by atoms with Gasteiger partial charge in [0, 0.05) is 13.6 Å².